The molecule has 1 heterocycles. The highest BCUT2D eigenvalue weighted by Crippen LogP contribution is 2.29. The third kappa shape index (κ3) is 5.19. The summed E-state index contributed by atoms with van der Waals surface area (Å²) in [6, 6.07) is 24.1. The lowest BCUT2D eigenvalue weighted by molar-refractivity contribution is -0.123. The molecule has 0 saturated carbocycles. The fourth-order valence-corrected chi connectivity index (χ4v) is 3.39. The van der Waals surface area contributed by atoms with Crippen LogP contribution in [0.4, 0.5) is 0 Å². The van der Waals surface area contributed by atoms with Crippen molar-refractivity contribution in [1.29, 1.82) is 0 Å². The number of para-hydroxylation sites is 1. The summed E-state index contributed by atoms with van der Waals surface area (Å²) in [4.78, 5) is 24.7. The molecule has 0 aliphatic carbocycles. The number of nitrogens with one attached hydrogen (secondary N) is 2. The van der Waals surface area contributed by atoms with E-state index in [2.05, 4.69) is 21.2 Å². The Morgan fingerprint density at radius 3 is 2.52 bits per heavy atom. The van der Waals surface area contributed by atoms with E-state index in [1.807, 2.05) is 48.5 Å². The van der Waals surface area contributed by atoms with Gasteiger partial charge in [0.1, 0.15) is 5.75 Å². The largest absolute Gasteiger partial charge is 0.483 e. The molecule has 8 nitrogen and oxygen atoms in total. The average Bonchev–Trinajstić information content (AvgIpc) is 3.23. The molecule has 2 amide bonds. The summed E-state index contributed by atoms with van der Waals surface area (Å²) in [6.07, 6.45) is 0. The lowest BCUT2D eigenvalue weighted by Crippen LogP contribution is -2.44. The second-order valence-electron chi connectivity index (χ2n) is 7.07. The van der Waals surface area contributed by atoms with Crippen molar-refractivity contribution in [2.45, 2.75) is 6.92 Å². The molecule has 33 heavy (non-hydrogen) atoms. The number of hydrazine groups is 1. The fraction of sp³-hybridized carbons (Fsp3) is 0.0833. The molecule has 0 aliphatic rings. The maximum Gasteiger partial charge on any atom is 0.292 e. The first-order valence-corrected chi connectivity index (χ1v) is 10.5. The predicted octanol–water partition coefficient (Wildman–Crippen LogP) is 3.74. The molecule has 0 atom stereocenters. The van der Waals surface area contributed by atoms with E-state index in [0.717, 1.165) is 11.1 Å². The number of amides is 2. The minimum absolute atomic E-state index is 0.0746. The lowest BCUT2D eigenvalue weighted by atomic mass is 10.1. The van der Waals surface area contributed by atoms with Crippen molar-refractivity contribution in [3.63, 3.8) is 0 Å². The van der Waals surface area contributed by atoms with Gasteiger partial charge in [0, 0.05) is 10.6 Å². The number of ether oxygens (including phenoxy) is 1. The van der Waals surface area contributed by atoms with Crippen molar-refractivity contribution < 1.29 is 14.3 Å². The van der Waals surface area contributed by atoms with Crippen molar-refractivity contribution in [2.24, 2.45) is 0 Å². The summed E-state index contributed by atoms with van der Waals surface area (Å²) in [5.41, 5.74) is 7.75. The van der Waals surface area contributed by atoms with Crippen LogP contribution in [0.15, 0.2) is 78.9 Å². The Hall–Kier alpha value is -4.17. The second kappa shape index (κ2) is 9.97. The number of hydrogen-bond acceptors (Lipinski definition) is 5. The van der Waals surface area contributed by atoms with Gasteiger partial charge in [-0.3, -0.25) is 20.4 Å². The Morgan fingerprint density at radius 1 is 0.970 bits per heavy atom. The number of rotatable bonds is 6. The molecule has 9 heteroatoms. The van der Waals surface area contributed by atoms with Gasteiger partial charge in [0.2, 0.25) is 0 Å². The maximum absolute atomic E-state index is 12.5. The van der Waals surface area contributed by atoms with Crippen LogP contribution >= 0.6 is 11.6 Å². The Bertz CT molecular complexity index is 1290. The zero-order valence-corrected chi connectivity index (χ0v) is 18.4. The minimum atomic E-state index is -0.598. The van der Waals surface area contributed by atoms with Crippen molar-refractivity contribution in [3.8, 4) is 22.6 Å². The van der Waals surface area contributed by atoms with Gasteiger partial charge in [-0.1, -0.05) is 71.4 Å². The zero-order chi connectivity index (χ0) is 23.2. The molecule has 4 rings (SSSR count). The topological polar surface area (TPSA) is 98.1 Å². The zero-order valence-electron chi connectivity index (χ0n) is 17.7. The highest BCUT2D eigenvalue weighted by atomic mass is 35.5. The van der Waals surface area contributed by atoms with E-state index in [-0.39, 0.29) is 12.3 Å². The van der Waals surface area contributed by atoms with Crippen LogP contribution in [0.2, 0.25) is 5.02 Å². The van der Waals surface area contributed by atoms with E-state index in [0.29, 0.717) is 22.2 Å². The number of halogens is 1. The molecule has 0 aliphatic heterocycles. The third-order valence-corrected chi connectivity index (χ3v) is 5.04. The van der Waals surface area contributed by atoms with Gasteiger partial charge in [0.25, 0.3) is 11.8 Å². The number of carbonyl (C=O) groups excluding carboxylic acids is 2. The Morgan fingerprint density at radius 2 is 1.73 bits per heavy atom. The van der Waals surface area contributed by atoms with Crippen LogP contribution < -0.4 is 15.6 Å². The van der Waals surface area contributed by atoms with Crippen LogP contribution in [0.25, 0.3) is 16.8 Å². The molecule has 0 radical (unpaired) electrons. The van der Waals surface area contributed by atoms with Gasteiger partial charge in [-0.25, -0.2) is 4.68 Å². The number of hydrogen-bond donors (Lipinski definition) is 2. The van der Waals surface area contributed by atoms with Crippen molar-refractivity contribution in [1.82, 2.24) is 25.8 Å². The van der Waals surface area contributed by atoms with Gasteiger partial charge in [0.15, 0.2) is 12.3 Å². The van der Waals surface area contributed by atoms with Crippen LogP contribution in [-0.2, 0) is 4.79 Å². The summed E-state index contributed by atoms with van der Waals surface area (Å²) >= 11 is 6.02. The van der Waals surface area contributed by atoms with Crippen LogP contribution in [0, 0.1) is 6.92 Å². The fourth-order valence-electron chi connectivity index (χ4n) is 3.21. The molecule has 166 valence electrons. The van der Waals surface area contributed by atoms with Crippen LogP contribution in [0.5, 0.6) is 5.75 Å². The molecule has 3 aromatic carbocycles. The third-order valence-electron chi connectivity index (χ3n) is 4.81. The summed E-state index contributed by atoms with van der Waals surface area (Å²) < 4.78 is 7.17. The Balaban J connectivity index is 1.35. The number of carbonyl (C=O) groups is 2. The molecular formula is C24H20ClN5O3. The van der Waals surface area contributed by atoms with Gasteiger partial charge in [-0.15, -0.1) is 5.10 Å². The van der Waals surface area contributed by atoms with E-state index in [4.69, 9.17) is 16.3 Å². The quantitative estimate of drug-likeness (QED) is 0.426. The number of nitrogens with zero attached hydrogens (tertiary/aromatic N) is 3. The summed E-state index contributed by atoms with van der Waals surface area (Å²) in [7, 11) is 0. The monoisotopic (exact) mass is 461 g/mol. The summed E-state index contributed by atoms with van der Waals surface area (Å²) in [6.45, 7) is 1.42. The first-order chi connectivity index (χ1) is 16.0. The predicted molar refractivity (Wildman–Crippen MR) is 124 cm³/mol. The van der Waals surface area contributed by atoms with E-state index in [1.165, 1.54) is 4.68 Å². The molecule has 0 unspecified atom stereocenters. The molecule has 0 spiro atoms. The molecule has 0 fully saturated rings. The van der Waals surface area contributed by atoms with E-state index in [9.17, 15) is 9.59 Å². The van der Waals surface area contributed by atoms with E-state index >= 15 is 0 Å². The normalized spacial score (nSPS) is 10.5. The Kier molecular flexibility index (Phi) is 6.66. The molecule has 0 bridgehead atoms. The van der Waals surface area contributed by atoms with Gasteiger partial charge in [-0.05, 0) is 36.8 Å². The average molecular weight is 462 g/mol. The molecular weight excluding hydrogens is 442 g/mol. The molecule has 1 aromatic heterocycles. The van der Waals surface area contributed by atoms with Crippen molar-refractivity contribution >= 4 is 23.4 Å². The summed E-state index contributed by atoms with van der Waals surface area (Å²) in [5, 5.41) is 8.45. The standard InChI is InChI=1S/C24H20ClN5O3/c1-16-23(27-29-30(16)19-11-7-10-18(25)14-19)24(32)28-26-22(31)15-33-21-13-6-5-12-20(21)17-8-3-2-4-9-17/h2-14H,15H2,1H3,(H,26,31)(H,28,32). The highest BCUT2D eigenvalue weighted by Gasteiger charge is 2.18. The van der Waals surface area contributed by atoms with Gasteiger partial charge in [-0.2, -0.15) is 0 Å². The lowest BCUT2D eigenvalue weighted by Gasteiger charge is -2.12. The van der Waals surface area contributed by atoms with Crippen LogP contribution in [0.1, 0.15) is 16.2 Å². The van der Waals surface area contributed by atoms with Crippen LogP contribution in [-0.4, -0.2) is 33.4 Å². The number of benzene rings is 3. The van der Waals surface area contributed by atoms with Gasteiger partial charge < -0.3 is 4.74 Å². The minimum Gasteiger partial charge on any atom is -0.483 e. The number of aromatic nitrogens is 3. The second-order valence-corrected chi connectivity index (χ2v) is 7.50. The first-order valence-electron chi connectivity index (χ1n) is 10.1. The van der Waals surface area contributed by atoms with E-state index in [1.54, 1.807) is 37.3 Å². The van der Waals surface area contributed by atoms with Crippen molar-refractivity contribution in [3.05, 3.63) is 95.3 Å². The molecule has 4 aromatic rings. The van der Waals surface area contributed by atoms with Gasteiger partial charge >= 0.3 is 0 Å². The highest BCUT2D eigenvalue weighted by molar-refractivity contribution is 6.30. The SMILES string of the molecule is Cc1c(C(=O)NNC(=O)COc2ccccc2-c2ccccc2)nnn1-c1cccc(Cl)c1. The van der Waals surface area contributed by atoms with E-state index < -0.39 is 11.8 Å². The molecule has 0 saturated heterocycles. The van der Waals surface area contributed by atoms with Crippen LogP contribution in [0.3, 0.4) is 0 Å². The first kappa shape index (κ1) is 22.0. The maximum atomic E-state index is 12.5. The smallest absolute Gasteiger partial charge is 0.292 e. The van der Waals surface area contributed by atoms with Gasteiger partial charge in [0.05, 0.1) is 11.4 Å². The molecule has 2 N–H and O–H groups in total. The van der Waals surface area contributed by atoms with Crippen molar-refractivity contribution in [2.75, 3.05) is 6.61 Å². The summed E-state index contributed by atoms with van der Waals surface area (Å²) in [5.74, 6) is -0.560. The Labute approximate surface area is 195 Å².